The fourth-order valence-electron chi connectivity index (χ4n) is 2.46. The number of rotatable bonds is 7. The summed E-state index contributed by atoms with van der Waals surface area (Å²) in [5.74, 6) is 0.621. The molecule has 1 N–H and O–H groups in total. The summed E-state index contributed by atoms with van der Waals surface area (Å²) >= 11 is -0.0757. The van der Waals surface area contributed by atoms with Gasteiger partial charge in [-0.3, -0.25) is 0 Å². The van der Waals surface area contributed by atoms with Crippen LogP contribution in [0.5, 0.6) is 5.75 Å². The van der Waals surface area contributed by atoms with Gasteiger partial charge in [-0.1, -0.05) is 0 Å². The number of pyridine rings is 1. The van der Waals surface area contributed by atoms with Crippen LogP contribution in [-0.4, -0.2) is 42.6 Å². The number of carbonyl (C=O) groups is 2. The van der Waals surface area contributed by atoms with Crippen molar-refractivity contribution in [3.8, 4) is 5.75 Å². The third kappa shape index (κ3) is 5.10. The van der Waals surface area contributed by atoms with E-state index in [4.69, 9.17) is 4.74 Å². The Morgan fingerprint density at radius 3 is 2.64 bits per heavy atom. The second-order valence-corrected chi connectivity index (χ2v) is 11.7. The molecule has 0 saturated carbocycles. The van der Waals surface area contributed by atoms with Crippen molar-refractivity contribution in [2.45, 2.75) is 22.6 Å². The van der Waals surface area contributed by atoms with Gasteiger partial charge >= 0.3 is 156 Å². The molecule has 1 saturated heterocycles. The molecule has 1 aliphatic rings. The van der Waals surface area contributed by atoms with E-state index in [2.05, 4.69) is 22.1 Å². The maximum atomic E-state index is 11.6. The molecule has 0 radical (unpaired) electrons. The summed E-state index contributed by atoms with van der Waals surface area (Å²) in [4.78, 5) is 27.2. The molecule has 130 valence electrons. The van der Waals surface area contributed by atoms with Gasteiger partial charge in [-0.05, 0) is 0 Å². The summed E-state index contributed by atoms with van der Waals surface area (Å²) < 4.78 is 7.05. The number of amides is 2. The van der Waals surface area contributed by atoms with Gasteiger partial charge in [-0.25, -0.2) is 0 Å². The van der Waals surface area contributed by atoms with Gasteiger partial charge < -0.3 is 0 Å². The summed E-state index contributed by atoms with van der Waals surface area (Å²) in [6.45, 7) is 0.682. The van der Waals surface area contributed by atoms with E-state index in [0.29, 0.717) is 13.0 Å². The van der Waals surface area contributed by atoms with Crippen LogP contribution < -0.4 is 14.5 Å². The van der Waals surface area contributed by atoms with E-state index in [9.17, 15) is 9.59 Å². The fourth-order valence-corrected chi connectivity index (χ4v) is 5.83. The van der Waals surface area contributed by atoms with Crippen LogP contribution in [-0.2, 0) is 11.2 Å². The second-order valence-electron chi connectivity index (χ2n) is 5.69. The molecule has 0 spiro atoms. The summed E-state index contributed by atoms with van der Waals surface area (Å²) in [6, 6.07) is 13.8. The molecular weight excluding hydrogens is 399 g/mol. The van der Waals surface area contributed by atoms with Crippen LogP contribution in [0.1, 0.15) is 5.56 Å². The van der Waals surface area contributed by atoms with Crippen LogP contribution in [0.3, 0.4) is 0 Å². The standard InChI is InChI=1S/C18H19AsN2O3S/c1-19(16-4-2-3-10-20-16)9-11-24-14-7-5-13(6-8-14)12-15-17(22)21-18(23)25-15/h2-8,10,15H,9,11-12H2,1H3,(H,21,22,23). The van der Waals surface area contributed by atoms with Crippen molar-refractivity contribution >= 4 is 42.0 Å². The molecule has 1 fully saturated rings. The molecule has 2 amide bonds. The molecule has 2 aromatic rings. The number of hydrogen-bond donors (Lipinski definition) is 1. The Labute approximate surface area is 155 Å². The zero-order valence-electron chi connectivity index (χ0n) is 13.8. The van der Waals surface area contributed by atoms with E-state index < -0.39 is 14.7 Å². The van der Waals surface area contributed by atoms with Gasteiger partial charge in [0.2, 0.25) is 0 Å². The molecule has 5 nitrogen and oxygen atoms in total. The number of benzene rings is 1. The van der Waals surface area contributed by atoms with Gasteiger partial charge in [0.1, 0.15) is 0 Å². The summed E-state index contributed by atoms with van der Waals surface area (Å²) in [5.41, 5.74) is 3.30. The maximum absolute atomic E-state index is 11.6. The SMILES string of the molecule is C[As](CCOc1ccc(CC2SC(=O)NC2=O)cc1)c1ccccn1. The van der Waals surface area contributed by atoms with Gasteiger partial charge in [-0.2, -0.15) is 0 Å². The first-order valence-electron chi connectivity index (χ1n) is 7.97. The Hall–Kier alpha value is -1.78. The Morgan fingerprint density at radius 2 is 2.00 bits per heavy atom. The zero-order chi connectivity index (χ0) is 17.6. The van der Waals surface area contributed by atoms with Crippen LogP contribution in [0, 0.1) is 0 Å². The number of nitrogens with zero attached hydrogens (tertiary/aromatic N) is 1. The van der Waals surface area contributed by atoms with E-state index in [0.717, 1.165) is 28.3 Å². The Bertz CT molecular complexity index is 740. The van der Waals surface area contributed by atoms with E-state index >= 15 is 0 Å². The summed E-state index contributed by atoms with van der Waals surface area (Å²) in [6.07, 6.45) is 2.39. The average Bonchev–Trinajstić information content (AvgIpc) is 2.94. The molecule has 0 aliphatic carbocycles. The number of nitrogens with one attached hydrogen (secondary N) is 1. The van der Waals surface area contributed by atoms with Gasteiger partial charge in [0.15, 0.2) is 0 Å². The van der Waals surface area contributed by atoms with Gasteiger partial charge in [0.25, 0.3) is 0 Å². The second kappa shape index (κ2) is 8.54. The molecule has 25 heavy (non-hydrogen) atoms. The number of hydrogen-bond acceptors (Lipinski definition) is 5. The van der Waals surface area contributed by atoms with E-state index in [1.165, 1.54) is 4.48 Å². The number of thioether (sulfide) groups is 1. The van der Waals surface area contributed by atoms with Crippen LogP contribution >= 0.6 is 11.8 Å². The topological polar surface area (TPSA) is 68.3 Å². The summed E-state index contributed by atoms with van der Waals surface area (Å²) in [5, 5.41) is 2.75. The number of carbonyl (C=O) groups excluding carboxylic acids is 2. The van der Waals surface area contributed by atoms with Crippen LogP contribution in [0.2, 0.25) is 10.9 Å². The first kappa shape index (κ1) is 18.0. The molecule has 0 bridgehead atoms. The van der Waals surface area contributed by atoms with Crippen LogP contribution in [0.25, 0.3) is 0 Å². The number of ether oxygens (including phenoxy) is 1. The first-order valence-corrected chi connectivity index (χ1v) is 13.0. The third-order valence-electron chi connectivity index (χ3n) is 3.85. The normalized spacial score (nSPS) is 18.0. The minimum absolute atomic E-state index is 0.205. The first-order chi connectivity index (χ1) is 12.1. The molecule has 1 aromatic heterocycles. The number of imide groups is 1. The molecule has 2 atom stereocenters. The fraction of sp³-hybridized carbons (Fsp3) is 0.278. The molecule has 1 aromatic carbocycles. The van der Waals surface area contributed by atoms with E-state index in [1.807, 2.05) is 42.6 Å². The van der Waals surface area contributed by atoms with Crippen molar-refractivity contribution < 1.29 is 14.3 Å². The van der Waals surface area contributed by atoms with Gasteiger partial charge in [0, 0.05) is 0 Å². The Morgan fingerprint density at radius 1 is 1.20 bits per heavy atom. The molecule has 7 heteroatoms. The Balaban J connectivity index is 1.46. The van der Waals surface area contributed by atoms with Crippen LogP contribution in [0.15, 0.2) is 48.7 Å². The molecule has 1 aliphatic heterocycles. The summed E-state index contributed by atoms with van der Waals surface area (Å²) in [7, 11) is 0. The number of aromatic nitrogens is 1. The molecule has 2 unspecified atom stereocenters. The Kier molecular flexibility index (Phi) is 6.16. The van der Waals surface area contributed by atoms with E-state index in [1.54, 1.807) is 0 Å². The zero-order valence-corrected chi connectivity index (χ0v) is 16.5. The van der Waals surface area contributed by atoms with Crippen molar-refractivity contribution in [2.24, 2.45) is 0 Å². The minimum atomic E-state index is -1.13. The van der Waals surface area contributed by atoms with Crippen molar-refractivity contribution in [1.82, 2.24) is 10.3 Å². The predicted octanol–water partition coefficient (Wildman–Crippen LogP) is 2.39. The third-order valence-corrected chi connectivity index (χ3v) is 8.82. The molecule has 2 heterocycles. The van der Waals surface area contributed by atoms with Crippen molar-refractivity contribution in [1.29, 1.82) is 0 Å². The quantitative estimate of drug-likeness (QED) is 0.700. The molecule has 3 rings (SSSR count). The van der Waals surface area contributed by atoms with E-state index in [-0.39, 0.29) is 16.4 Å². The molecular formula is C18H19AsN2O3S. The average molecular weight is 418 g/mol. The predicted molar refractivity (Wildman–Crippen MR) is 101 cm³/mol. The van der Waals surface area contributed by atoms with Gasteiger partial charge in [-0.15, -0.1) is 0 Å². The van der Waals surface area contributed by atoms with Crippen molar-refractivity contribution in [3.63, 3.8) is 0 Å². The van der Waals surface area contributed by atoms with Crippen LogP contribution in [0.4, 0.5) is 4.79 Å². The monoisotopic (exact) mass is 418 g/mol. The van der Waals surface area contributed by atoms with Crippen molar-refractivity contribution in [2.75, 3.05) is 6.61 Å². The van der Waals surface area contributed by atoms with Gasteiger partial charge in [0.05, 0.1) is 0 Å². The van der Waals surface area contributed by atoms with Crippen molar-refractivity contribution in [3.05, 3.63) is 54.2 Å².